The van der Waals surface area contributed by atoms with Gasteiger partial charge in [0.05, 0.1) is 37.4 Å². The third-order valence-electron chi connectivity index (χ3n) is 8.62. The van der Waals surface area contributed by atoms with E-state index in [1.54, 1.807) is 37.3 Å². The van der Waals surface area contributed by atoms with Gasteiger partial charge in [-0.25, -0.2) is 9.55 Å². The number of H-pyrrole nitrogens is 1. The maximum absolute atomic E-state index is 14.0. The maximum atomic E-state index is 14.0. The summed E-state index contributed by atoms with van der Waals surface area (Å²) < 4.78 is 16.4. The highest BCUT2D eigenvalue weighted by Crippen LogP contribution is 2.38. The lowest BCUT2D eigenvalue weighted by Gasteiger charge is -2.32. The van der Waals surface area contributed by atoms with Gasteiger partial charge in [0.25, 0.3) is 0 Å². The molecule has 10 N–H and O–H groups in total. The molecule has 1 aromatic carbocycles. The third-order valence-corrected chi connectivity index (χ3v) is 10.2. The van der Waals surface area contributed by atoms with E-state index in [9.17, 15) is 53.0 Å². The van der Waals surface area contributed by atoms with Crippen molar-refractivity contribution in [2.45, 2.75) is 70.4 Å². The number of hydrogen-bond acceptors (Lipinski definition) is 12. The highest BCUT2D eigenvalue weighted by Gasteiger charge is 2.37. The molecule has 0 bridgehead atoms. The standard InChI is InChI=1S/C34H50N9O12PS/c1-19(2)12-42-13-27(45)38-24(10-23-11-36-18-37-23)32(49)39-25(15-44)33(50)41-30(21(4)55-56(52,53)54)34(51)40-26(31(35)48)16-57-17-29(47)43(14-28(42)46)20(3)22-8-6-5-7-9-22/h5-9,11,18-21,24-26,30,44H,10,12-17H2,1-4H3,(H2,35,48)(H,36,37)(H,38,45)(H,39,49)(H,40,51)(H,41,50)(H2,52,53,54)/t20?,21-,24+,25+,26-,30+/m1/s1. The lowest BCUT2D eigenvalue weighted by Crippen LogP contribution is -2.62. The Morgan fingerprint density at radius 2 is 1.61 bits per heavy atom. The number of aromatic nitrogens is 2. The maximum Gasteiger partial charge on any atom is 0.469 e. The summed E-state index contributed by atoms with van der Waals surface area (Å²) in [5, 5.41) is 19.5. The van der Waals surface area contributed by atoms with Gasteiger partial charge >= 0.3 is 7.82 Å². The second-order valence-electron chi connectivity index (χ2n) is 13.7. The molecule has 6 atom stereocenters. The van der Waals surface area contributed by atoms with Crippen molar-refractivity contribution in [2.75, 3.05) is 37.7 Å². The molecular formula is C34H50N9O12PS. The number of aliphatic hydroxyl groups is 1. The first-order valence-electron chi connectivity index (χ1n) is 17.8. The lowest BCUT2D eigenvalue weighted by molar-refractivity contribution is -0.143. The number of nitrogens with two attached hydrogens (primary N) is 1. The van der Waals surface area contributed by atoms with Crippen LogP contribution in [-0.4, -0.2) is 144 Å². The van der Waals surface area contributed by atoms with Crippen LogP contribution in [-0.2, 0) is 49.1 Å². The fourth-order valence-corrected chi connectivity index (χ4v) is 7.23. The Labute approximate surface area is 332 Å². The van der Waals surface area contributed by atoms with Crippen LogP contribution in [0.2, 0.25) is 0 Å². The zero-order valence-electron chi connectivity index (χ0n) is 31.8. The summed E-state index contributed by atoms with van der Waals surface area (Å²) in [4.78, 5) is 123. The van der Waals surface area contributed by atoms with Crippen LogP contribution in [0.15, 0.2) is 42.9 Å². The Bertz CT molecular complexity index is 1760. The number of carbonyl (C=O) groups excluding carboxylic acids is 7. The quantitative estimate of drug-likeness (QED) is 0.108. The van der Waals surface area contributed by atoms with Gasteiger partial charge in [0.1, 0.15) is 30.7 Å². The van der Waals surface area contributed by atoms with E-state index >= 15 is 0 Å². The van der Waals surface area contributed by atoms with Crippen LogP contribution in [0.5, 0.6) is 0 Å². The van der Waals surface area contributed by atoms with Gasteiger partial charge in [0, 0.05) is 30.6 Å². The average molecular weight is 840 g/mol. The van der Waals surface area contributed by atoms with Gasteiger partial charge in [-0.3, -0.25) is 38.1 Å². The summed E-state index contributed by atoms with van der Waals surface area (Å²) in [6, 6.07) is 1.54. The fraction of sp³-hybridized carbons (Fsp3) is 0.529. The number of aliphatic hydroxyl groups excluding tert-OH is 1. The minimum Gasteiger partial charge on any atom is -0.394 e. The number of nitrogens with one attached hydrogen (secondary N) is 5. The number of thioether (sulfide) groups is 1. The fourth-order valence-electron chi connectivity index (χ4n) is 5.73. The number of hydrogen-bond donors (Lipinski definition) is 9. The Morgan fingerprint density at radius 3 is 2.19 bits per heavy atom. The molecule has 2 aromatic rings. The zero-order chi connectivity index (χ0) is 42.4. The first-order valence-corrected chi connectivity index (χ1v) is 20.5. The zero-order valence-corrected chi connectivity index (χ0v) is 33.5. The molecule has 0 saturated carbocycles. The molecule has 314 valence electrons. The van der Waals surface area contributed by atoms with E-state index < -0.39 is 105 Å². The van der Waals surface area contributed by atoms with Crippen molar-refractivity contribution < 1.29 is 57.5 Å². The predicted molar refractivity (Wildman–Crippen MR) is 204 cm³/mol. The lowest BCUT2D eigenvalue weighted by atomic mass is 10.1. The Kier molecular flexibility index (Phi) is 17.6. The first-order chi connectivity index (χ1) is 26.8. The summed E-state index contributed by atoms with van der Waals surface area (Å²) in [7, 11) is -5.27. The van der Waals surface area contributed by atoms with Crippen molar-refractivity contribution in [2.24, 2.45) is 11.7 Å². The number of phosphoric ester groups is 1. The van der Waals surface area contributed by atoms with Gasteiger partial charge in [-0.2, -0.15) is 0 Å². The summed E-state index contributed by atoms with van der Waals surface area (Å²) in [6.45, 7) is 4.45. The number of rotatable bonds is 11. The van der Waals surface area contributed by atoms with Crippen molar-refractivity contribution in [3.8, 4) is 0 Å². The van der Waals surface area contributed by atoms with E-state index in [2.05, 4.69) is 35.8 Å². The molecule has 21 nitrogen and oxygen atoms in total. The minimum atomic E-state index is -5.27. The number of benzene rings is 1. The molecule has 0 aliphatic carbocycles. The Hall–Kier alpha value is -4.86. The number of phosphoric acid groups is 1. The number of nitrogens with zero attached hydrogens (tertiary/aromatic N) is 3. The van der Waals surface area contributed by atoms with E-state index in [-0.39, 0.29) is 30.4 Å². The van der Waals surface area contributed by atoms with Crippen LogP contribution in [0.3, 0.4) is 0 Å². The number of carbonyl (C=O) groups is 7. The number of primary amides is 1. The molecule has 3 rings (SSSR count). The van der Waals surface area contributed by atoms with Crippen LogP contribution in [0, 0.1) is 5.92 Å². The van der Waals surface area contributed by atoms with E-state index in [1.807, 2.05) is 13.8 Å². The molecule has 1 unspecified atom stereocenters. The first kappa shape index (κ1) is 46.5. The summed E-state index contributed by atoms with van der Waals surface area (Å²) in [6.07, 6.45) is 0.747. The van der Waals surface area contributed by atoms with Gasteiger partial charge in [-0.1, -0.05) is 44.2 Å². The highest BCUT2D eigenvalue weighted by molar-refractivity contribution is 8.00. The van der Waals surface area contributed by atoms with Gasteiger partial charge in [-0.15, -0.1) is 11.8 Å². The van der Waals surface area contributed by atoms with E-state index in [0.29, 0.717) is 11.3 Å². The van der Waals surface area contributed by atoms with Crippen LogP contribution in [0.25, 0.3) is 0 Å². The molecule has 2 heterocycles. The second kappa shape index (κ2) is 21.6. The smallest absolute Gasteiger partial charge is 0.394 e. The summed E-state index contributed by atoms with van der Waals surface area (Å²) in [5.41, 5.74) is 6.64. The van der Waals surface area contributed by atoms with Crippen LogP contribution >= 0.6 is 19.6 Å². The normalized spacial score (nSPS) is 22.8. The van der Waals surface area contributed by atoms with Crippen LogP contribution < -0.4 is 27.0 Å². The minimum absolute atomic E-state index is 0.0955. The summed E-state index contributed by atoms with van der Waals surface area (Å²) in [5.74, 6) is -7.11. The molecule has 1 aliphatic rings. The average Bonchev–Trinajstić information content (AvgIpc) is 3.65. The molecule has 57 heavy (non-hydrogen) atoms. The number of imidazole rings is 1. The number of amides is 7. The van der Waals surface area contributed by atoms with Crippen molar-refractivity contribution >= 4 is 60.9 Å². The molecule has 23 heteroatoms. The van der Waals surface area contributed by atoms with E-state index in [0.717, 1.165) is 18.7 Å². The van der Waals surface area contributed by atoms with Crippen LogP contribution in [0.1, 0.15) is 45.0 Å². The monoisotopic (exact) mass is 839 g/mol. The van der Waals surface area contributed by atoms with Crippen molar-refractivity contribution in [1.82, 2.24) is 41.0 Å². The van der Waals surface area contributed by atoms with Crippen molar-refractivity contribution in [1.29, 1.82) is 0 Å². The largest absolute Gasteiger partial charge is 0.469 e. The Morgan fingerprint density at radius 1 is 0.947 bits per heavy atom. The molecular weight excluding hydrogens is 789 g/mol. The molecule has 0 spiro atoms. The molecule has 1 saturated heterocycles. The van der Waals surface area contributed by atoms with Crippen LogP contribution in [0.4, 0.5) is 0 Å². The second-order valence-corrected chi connectivity index (χ2v) is 15.9. The molecule has 0 radical (unpaired) electrons. The predicted octanol–water partition coefficient (Wildman–Crippen LogP) is -2.31. The highest BCUT2D eigenvalue weighted by atomic mass is 32.2. The third kappa shape index (κ3) is 14.9. The SMILES string of the molecule is CC(C)CN1CC(=O)N[C@@H](Cc2cnc[nH]2)C(=O)N[C@@H](CO)C(=O)N[C@@H]([C@@H](C)OP(=O)(O)O)C(=O)N[C@@H](C(N)=O)CSCC(=O)N(C(C)c2ccccc2)CC1=O. The molecule has 1 aromatic heterocycles. The van der Waals surface area contributed by atoms with E-state index in [4.69, 9.17) is 5.73 Å². The van der Waals surface area contributed by atoms with E-state index in [1.165, 1.54) is 22.3 Å². The Balaban J connectivity index is 2.08. The molecule has 1 fully saturated rings. The molecule has 1 aliphatic heterocycles. The number of aromatic amines is 1. The molecule has 7 amide bonds. The van der Waals surface area contributed by atoms with Gasteiger partial charge < -0.3 is 56.7 Å². The van der Waals surface area contributed by atoms with Crippen molar-refractivity contribution in [3.05, 3.63) is 54.1 Å². The van der Waals surface area contributed by atoms with Gasteiger partial charge in [0.2, 0.25) is 41.4 Å². The topological polar surface area (TPSA) is 316 Å². The van der Waals surface area contributed by atoms with Gasteiger partial charge in [0.15, 0.2) is 0 Å². The van der Waals surface area contributed by atoms with Crippen molar-refractivity contribution in [3.63, 3.8) is 0 Å². The van der Waals surface area contributed by atoms with Gasteiger partial charge in [-0.05, 0) is 25.3 Å². The summed E-state index contributed by atoms with van der Waals surface area (Å²) >= 11 is 0.881.